The van der Waals surface area contributed by atoms with Crippen LogP contribution < -0.4 is 4.90 Å². The Kier molecular flexibility index (Phi) is 3.68. The minimum Gasteiger partial charge on any atom is -0.372 e. The molecule has 1 aliphatic carbocycles. The number of ether oxygens (including phenoxy) is 1. The highest BCUT2D eigenvalue weighted by Crippen LogP contribution is 2.30. The molecule has 0 aromatic carbocycles. The van der Waals surface area contributed by atoms with Gasteiger partial charge in [0, 0.05) is 13.1 Å². The summed E-state index contributed by atoms with van der Waals surface area (Å²) < 4.78 is 5.78. The van der Waals surface area contributed by atoms with Gasteiger partial charge >= 0.3 is 0 Å². The highest BCUT2D eigenvalue weighted by Gasteiger charge is 2.25. The van der Waals surface area contributed by atoms with Gasteiger partial charge in [0.05, 0.1) is 12.2 Å². The molecule has 0 bridgehead atoms. The SMILES string of the molecule is C[C@@H]1CN(c2cc3c(c(Cl)n2)CCCC3)C[C@H](C)O1. The second-order valence-corrected chi connectivity index (χ2v) is 6.14. The van der Waals surface area contributed by atoms with E-state index in [0.29, 0.717) is 5.15 Å². The number of aromatic nitrogens is 1. The van der Waals surface area contributed by atoms with Crippen molar-refractivity contribution < 1.29 is 4.74 Å². The van der Waals surface area contributed by atoms with Crippen molar-refractivity contribution in [2.75, 3.05) is 18.0 Å². The van der Waals surface area contributed by atoms with Crippen molar-refractivity contribution in [1.82, 2.24) is 4.98 Å². The minimum atomic E-state index is 0.250. The van der Waals surface area contributed by atoms with E-state index < -0.39 is 0 Å². The van der Waals surface area contributed by atoms with E-state index in [2.05, 4.69) is 29.8 Å². The molecule has 1 aromatic heterocycles. The number of hydrogen-bond donors (Lipinski definition) is 0. The van der Waals surface area contributed by atoms with E-state index in [9.17, 15) is 0 Å². The van der Waals surface area contributed by atoms with Crippen molar-refractivity contribution in [3.63, 3.8) is 0 Å². The van der Waals surface area contributed by atoms with Crippen LogP contribution >= 0.6 is 11.6 Å². The van der Waals surface area contributed by atoms with Crippen molar-refractivity contribution in [3.05, 3.63) is 22.3 Å². The van der Waals surface area contributed by atoms with Gasteiger partial charge in [-0.25, -0.2) is 4.98 Å². The first kappa shape index (κ1) is 13.2. The maximum atomic E-state index is 6.37. The van der Waals surface area contributed by atoms with Crippen LogP contribution in [0.5, 0.6) is 0 Å². The largest absolute Gasteiger partial charge is 0.372 e. The summed E-state index contributed by atoms with van der Waals surface area (Å²) in [5.74, 6) is 1.02. The van der Waals surface area contributed by atoms with Crippen LogP contribution in [0.4, 0.5) is 5.82 Å². The number of morpholine rings is 1. The molecule has 1 aromatic rings. The summed E-state index contributed by atoms with van der Waals surface area (Å²) in [6.45, 7) is 6.02. The van der Waals surface area contributed by atoms with Crippen molar-refractivity contribution in [3.8, 4) is 0 Å². The molecule has 2 atom stereocenters. The summed E-state index contributed by atoms with van der Waals surface area (Å²) in [6, 6.07) is 2.24. The third-order valence-electron chi connectivity index (χ3n) is 4.02. The molecular formula is C15H21ClN2O. The van der Waals surface area contributed by atoms with E-state index in [1.807, 2.05) is 0 Å². The van der Waals surface area contributed by atoms with Crippen LogP contribution in [0.2, 0.25) is 5.15 Å². The van der Waals surface area contributed by atoms with E-state index in [0.717, 1.165) is 31.7 Å². The molecule has 2 heterocycles. The van der Waals surface area contributed by atoms with E-state index in [1.165, 1.54) is 24.0 Å². The van der Waals surface area contributed by atoms with Crippen LogP contribution in [0, 0.1) is 0 Å². The van der Waals surface area contributed by atoms with Crippen molar-refractivity contribution in [2.45, 2.75) is 51.7 Å². The van der Waals surface area contributed by atoms with Crippen LogP contribution in [0.3, 0.4) is 0 Å². The summed E-state index contributed by atoms with van der Waals surface area (Å²) in [6.07, 6.45) is 5.22. The minimum absolute atomic E-state index is 0.250. The molecule has 104 valence electrons. The van der Waals surface area contributed by atoms with Gasteiger partial charge in [0.15, 0.2) is 0 Å². The molecule has 0 radical (unpaired) electrons. The fraction of sp³-hybridized carbons (Fsp3) is 0.667. The zero-order valence-electron chi connectivity index (χ0n) is 11.7. The first-order valence-corrected chi connectivity index (χ1v) is 7.60. The van der Waals surface area contributed by atoms with E-state index >= 15 is 0 Å². The average molecular weight is 281 g/mol. The number of aryl methyl sites for hydroxylation is 1. The van der Waals surface area contributed by atoms with Crippen molar-refractivity contribution >= 4 is 17.4 Å². The van der Waals surface area contributed by atoms with Crippen LogP contribution in [-0.4, -0.2) is 30.3 Å². The predicted octanol–water partition coefficient (Wildman–Crippen LogP) is 3.23. The van der Waals surface area contributed by atoms with Crippen molar-refractivity contribution in [1.29, 1.82) is 0 Å². The monoisotopic (exact) mass is 280 g/mol. The second kappa shape index (κ2) is 5.29. The number of hydrogen-bond acceptors (Lipinski definition) is 3. The van der Waals surface area contributed by atoms with Crippen LogP contribution in [0.1, 0.15) is 37.8 Å². The summed E-state index contributed by atoms with van der Waals surface area (Å²) in [5.41, 5.74) is 2.67. The molecular weight excluding hydrogens is 260 g/mol. The Labute approximate surface area is 119 Å². The summed E-state index contributed by atoms with van der Waals surface area (Å²) in [7, 11) is 0. The first-order valence-electron chi connectivity index (χ1n) is 7.22. The fourth-order valence-electron chi connectivity index (χ4n) is 3.21. The molecule has 1 fully saturated rings. The van der Waals surface area contributed by atoms with Crippen LogP contribution in [0.25, 0.3) is 0 Å². The van der Waals surface area contributed by atoms with Gasteiger partial charge in [-0.1, -0.05) is 11.6 Å². The number of fused-ring (bicyclic) bond motifs is 1. The molecule has 0 N–H and O–H groups in total. The smallest absolute Gasteiger partial charge is 0.134 e. The molecule has 1 aliphatic heterocycles. The van der Waals surface area contributed by atoms with E-state index in [1.54, 1.807) is 0 Å². The second-order valence-electron chi connectivity index (χ2n) is 5.78. The van der Waals surface area contributed by atoms with Gasteiger partial charge in [-0.3, -0.25) is 0 Å². The Balaban J connectivity index is 1.90. The van der Waals surface area contributed by atoms with Gasteiger partial charge in [0.25, 0.3) is 0 Å². The Morgan fingerprint density at radius 3 is 2.63 bits per heavy atom. The van der Waals surface area contributed by atoms with Gasteiger partial charge < -0.3 is 9.64 Å². The lowest BCUT2D eigenvalue weighted by Crippen LogP contribution is -2.46. The first-order chi connectivity index (χ1) is 9.13. The van der Waals surface area contributed by atoms with E-state index in [4.69, 9.17) is 16.3 Å². The third kappa shape index (κ3) is 2.72. The highest BCUT2D eigenvalue weighted by molar-refractivity contribution is 6.30. The van der Waals surface area contributed by atoms with Gasteiger partial charge in [-0.05, 0) is 56.7 Å². The Morgan fingerprint density at radius 2 is 1.89 bits per heavy atom. The molecule has 0 spiro atoms. The average Bonchev–Trinajstić information content (AvgIpc) is 2.37. The maximum absolute atomic E-state index is 6.37. The lowest BCUT2D eigenvalue weighted by atomic mass is 9.93. The summed E-state index contributed by atoms with van der Waals surface area (Å²) in [4.78, 5) is 6.92. The lowest BCUT2D eigenvalue weighted by molar-refractivity contribution is -0.00546. The molecule has 3 nitrogen and oxygen atoms in total. The van der Waals surface area contributed by atoms with Gasteiger partial charge in [-0.15, -0.1) is 0 Å². The lowest BCUT2D eigenvalue weighted by Gasteiger charge is -2.36. The molecule has 2 aliphatic rings. The van der Waals surface area contributed by atoms with Crippen LogP contribution in [-0.2, 0) is 17.6 Å². The number of pyridine rings is 1. The normalized spacial score (nSPS) is 27.2. The highest BCUT2D eigenvalue weighted by atomic mass is 35.5. The predicted molar refractivity (Wildman–Crippen MR) is 78.1 cm³/mol. The molecule has 1 saturated heterocycles. The Bertz CT molecular complexity index is 467. The van der Waals surface area contributed by atoms with E-state index in [-0.39, 0.29) is 12.2 Å². The summed E-state index contributed by atoms with van der Waals surface area (Å²) in [5, 5.41) is 0.707. The number of nitrogens with zero attached hydrogens (tertiary/aromatic N) is 2. The molecule has 19 heavy (non-hydrogen) atoms. The summed E-state index contributed by atoms with van der Waals surface area (Å²) >= 11 is 6.37. The molecule has 0 amide bonds. The fourth-order valence-corrected chi connectivity index (χ4v) is 3.51. The third-order valence-corrected chi connectivity index (χ3v) is 4.33. The number of halogens is 1. The van der Waals surface area contributed by atoms with Gasteiger partial charge in [0.2, 0.25) is 0 Å². The number of rotatable bonds is 1. The Morgan fingerprint density at radius 1 is 1.21 bits per heavy atom. The molecule has 0 unspecified atom stereocenters. The molecule has 4 heteroatoms. The molecule has 0 saturated carbocycles. The quantitative estimate of drug-likeness (QED) is 0.739. The topological polar surface area (TPSA) is 25.4 Å². The van der Waals surface area contributed by atoms with Gasteiger partial charge in [0.1, 0.15) is 11.0 Å². The maximum Gasteiger partial charge on any atom is 0.134 e. The standard InChI is InChI=1S/C15H21ClN2O/c1-10-8-18(9-11(2)19-10)14-7-12-5-3-4-6-13(12)15(16)17-14/h7,10-11H,3-6,8-9H2,1-2H3/t10-,11+. The number of anilines is 1. The molecule has 3 rings (SSSR count). The van der Waals surface area contributed by atoms with Gasteiger partial charge in [-0.2, -0.15) is 0 Å². The Hall–Kier alpha value is -0.800. The van der Waals surface area contributed by atoms with Crippen LogP contribution in [0.15, 0.2) is 6.07 Å². The zero-order valence-corrected chi connectivity index (χ0v) is 12.4. The zero-order chi connectivity index (χ0) is 13.4. The van der Waals surface area contributed by atoms with Crippen molar-refractivity contribution in [2.24, 2.45) is 0 Å².